The molecular weight excluding hydrogens is 1610 g/mol. The van der Waals surface area contributed by atoms with Crippen molar-refractivity contribution in [3.8, 4) is 0 Å². The lowest BCUT2D eigenvalue weighted by atomic mass is 9.98. The van der Waals surface area contributed by atoms with Gasteiger partial charge in [-0.2, -0.15) is 0 Å². The number of amidine groups is 4. The zero-order valence-electron chi connectivity index (χ0n) is 70.6. The summed E-state index contributed by atoms with van der Waals surface area (Å²) in [6, 6.07) is 50.4. The minimum atomic E-state index is -0.245. The Bertz CT molecular complexity index is 5130. The number of piperazine rings is 4. The molecule has 0 radical (unpaired) electrons. The number of hydrogen-bond donors (Lipinski definition) is 4. The number of nitrogens with zero attached hydrogens (tertiary/aromatic N) is 20. The number of aromatic nitrogens is 8. The molecule has 5 fully saturated rings. The van der Waals surface area contributed by atoms with Crippen molar-refractivity contribution in [1.29, 1.82) is 0 Å². The van der Waals surface area contributed by atoms with Crippen LogP contribution in [-0.2, 0) is 11.5 Å². The third-order valence-corrected chi connectivity index (χ3v) is 25.7. The van der Waals surface area contributed by atoms with Crippen molar-refractivity contribution in [2.45, 2.75) is 88.4 Å². The zero-order valence-corrected chi connectivity index (χ0v) is 73.9. The lowest BCUT2D eigenvalue weighted by molar-refractivity contribution is 0.312. The number of likely N-dealkylation sites (N-methyl/N-ethyl adjacent to an activating group) is 4. The predicted octanol–water partition coefficient (Wildman–Crippen LogP) is 15.8. The van der Waals surface area contributed by atoms with Crippen LogP contribution in [0.2, 0.25) is 0 Å². The van der Waals surface area contributed by atoms with Crippen molar-refractivity contribution < 1.29 is 8.78 Å². The highest BCUT2D eigenvalue weighted by atomic mass is 32.2. The topological polar surface area (TPSA) is 227 Å². The minimum absolute atomic E-state index is 0.223. The summed E-state index contributed by atoms with van der Waals surface area (Å²) < 4.78 is 26.8. The maximum absolute atomic E-state index is 13.6. The van der Waals surface area contributed by atoms with Crippen LogP contribution >= 0.6 is 47.0 Å². The molecule has 5 aromatic carbocycles. The van der Waals surface area contributed by atoms with Gasteiger partial charge in [-0.05, 0) is 203 Å². The van der Waals surface area contributed by atoms with Crippen LogP contribution in [-0.4, -0.2) is 242 Å². The molecular formula is C92H108F2N24S4. The largest absolute Gasteiger partial charge is 0.354 e. The maximum atomic E-state index is 13.6. The summed E-state index contributed by atoms with van der Waals surface area (Å²) in [5.41, 5.74) is 9.38. The van der Waals surface area contributed by atoms with Crippen LogP contribution in [0.15, 0.2) is 249 Å². The summed E-state index contributed by atoms with van der Waals surface area (Å²) in [5.74, 6) is 12.0. The standard InChI is InChI=1S/C25H25FN6S.C24H30N6S.C22H28N6S.C21H25FN6S/c1-31-10-12-32(13-11-31)24-16-23(29-25(30-24)33-21-8-3-2-4-9-21)28-22-15-19(17-27-22)18-6-5-7-20(26)14-18;1-29-11-13-30(14-12-29)23-16-22(27-24(28-23)31-20-9-3-2-4-10-20)26-21-15-19(17-25-21)18-7-5-6-8-18;1-16-4-6-18(7-5-16)15-29-22-25-20(24-19-12-17(2)14-23-19)13-21(26-22)28-10-8-27(3)9-11-28;1-15-11-18(23-13-15)24-19-12-20(28-9-7-27(2)8-10-28)26-21(25-19)29-14-16-3-5-17(22)6-4-16/h2-9,14-16H,10-13,17H2,1H3,(H,27,28,29,30);2-4,9-10,15-16,18H,5-8,11-14,17H2,1H3,(H,25,26,27,28);4-7,12-13H,8-11,14-15H2,1-3H3,(H,23,24,25,26);3-6,11-12H,7-10,13-14H2,1-2H3,(H,23,24,25,26). The van der Waals surface area contributed by atoms with E-state index in [2.05, 4.69) is 208 Å². The number of aliphatic imine (C=N–C) groups is 4. The number of anilines is 8. The van der Waals surface area contributed by atoms with Gasteiger partial charge in [0.25, 0.3) is 0 Å². The second-order valence-electron chi connectivity index (χ2n) is 31.9. The van der Waals surface area contributed by atoms with Gasteiger partial charge in [-0.3, -0.25) is 20.0 Å². The Balaban J connectivity index is 0.000000127. The van der Waals surface area contributed by atoms with Gasteiger partial charge in [0.15, 0.2) is 20.6 Å². The first-order valence-electron chi connectivity index (χ1n) is 42.0. The Morgan fingerprint density at radius 3 is 1.12 bits per heavy atom. The van der Waals surface area contributed by atoms with Crippen LogP contribution < -0.4 is 40.9 Å². The van der Waals surface area contributed by atoms with Crippen molar-refractivity contribution >= 4 is 123 Å². The van der Waals surface area contributed by atoms with Gasteiger partial charge < -0.3 is 60.5 Å². The lowest BCUT2D eigenvalue weighted by Gasteiger charge is -2.33. The summed E-state index contributed by atoms with van der Waals surface area (Å²) in [4.78, 5) is 77.6. The summed E-state index contributed by atoms with van der Waals surface area (Å²) in [6.07, 6.45) is 13.7. The molecule has 0 spiro atoms. The number of nitrogens with one attached hydrogen (secondary N) is 4. The molecule has 122 heavy (non-hydrogen) atoms. The number of halogens is 2. The van der Waals surface area contributed by atoms with Crippen LogP contribution in [0.5, 0.6) is 0 Å². The quantitative estimate of drug-likeness (QED) is 0.0411. The monoisotopic (exact) mass is 1710 g/mol. The van der Waals surface area contributed by atoms with Crippen molar-refractivity contribution in [3.05, 3.63) is 233 Å². The van der Waals surface area contributed by atoms with E-state index >= 15 is 0 Å². The van der Waals surface area contributed by atoms with E-state index < -0.39 is 0 Å². The molecule has 0 atom stereocenters. The van der Waals surface area contributed by atoms with Crippen LogP contribution in [0.4, 0.5) is 55.3 Å². The van der Waals surface area contributed by atoms with Crippen LogP contribution in [0.25, 0.3) is 5.57 Å². The molecule has 30 heteroatoms. The van der Waals surface area contributed by atoms with Crippen molar-refractivity contribution in [2.75, 3.05) is 200 Å². The van der Waals surface area contributed by atoms with Gasteiger partial charge >= 0.3 is 0 Å². The van der Waals surface area contributed by atoms with Gasteiger partial charge in [-0.25, -0.2) is 48.7 Å². The maximum Gasteiger partial charge on any atom is 0.196 e. The number of benzene rings is 5. The molecule has 4 aromatic heterocycles. The molecule has 0 bridgehead atoms. The molecule has 4 N–H and O–H groups in total. The van der Waals surface area contributed by atoms with E-state index in [1.807, 2.05) is 60.7 Å². The Morgan fingerprint density at radius 1 is 0.352 bits per heavy atom. The summed E-state index contributed by atoms with van der Waals surface area (Å²) in [5, 5.41) is 16.5. The summed E-state index contributed by atoms with van der Waals surface area (Å²) in [6.45, 7) is 25.0. The van der Waals surface area contributed by atoms with E-state index in [4.69, 9.17) is 39.9 Å². The molecule has 0 amide bonds. The van der Waals surface area contributed by atoms with Crippen LogP contribution in [0.3, 0.4) is 0 Å². The summed E-state index contributed by atoms with van der Waals surface area (Å²) in [7, 11) is 8.62. The molecule has 634 valence electrons. The number of rotatable bonds is 20. The average Bonchev–Trinajstić information content (AvgIpc) is 1.71. The second-order valence-corrected chi connectivity index (χ2v) is 35.9. The molecule has 0 unspecified atom stereocenters. The van der Waals surface area contributed by atoms with Crippen LogP contribution in [0, 0.1) is 24.5 Å². The zero-order chi connectivity index (χ0) is 84.1. The fraction of sp³-hybridized carbons (Fsp3) is 0.370. The molecule has 12 heterocycles. The van der Waals surface area contributed by atoms with Crippen LogP contribution in [0.1, 0.15) is 61.8 Å². The van der Waals surface area contributed by atoms with Crippen molar-refractivity contribution in [2.24, 2.45) is 25.9 Å². The Hall–Kier alpha value is -10.4. The van der Waals surface area contributed by atoms with E-state index in [0.717, 1.165) is 231 Å². The Morgan fingerprint density at radius 2 is 0.721 bits per heavy atom. The van der Waals surface area contributed by atoms with E-state index in [0.29, 0.717) is 34.3 Å². The minimum Gasteiger partial charge on any atom is -0.354 e. The lowest BCUT2D eigenvalue weighted by Crippen LogP contribution is -2.44. The predicted molar refractivity (Wildman–Crippen MR) is 500 cm³/mol. The Labute approximate surface area is 732 Å². The average molecular weight is 1720 g/mol. The highest BCUT2D eigenvalue weighted by Crippen LogP contribution is 2.36. The molecule has 1 saturated carbocycles. The van der Waals surface area contributed by atoms with E-state index in [-0.39, 0.29) is 11.6 Å². The second kappa shape index (κ2) is 42.6. The highest BCUT2D eigenvalue weighted by molar-refractivity contribution is 7.99. The van der Waals surface area contributed by atoms with E-state index in [1.54, 1.807) is 65.2 Å². The molecule has 18 rings (SSSR count). The van der Waals surface area contributed by atoms with Gasteiger partial charge in [0, 0.05) is 150 Å². The SMILES string of the molecule is CC1=CC(Nc2cc(N3CCN(C)CC3)nc(SCc3ccc(C)cc3)n2)=NC1.CC1=CC(Nc2cc(N3CCN(C)CC3)nc(SCc3ccc(F)cc3)n2)=NC1.CN1CCN(c2cc(NC3=NCC(C4CCCC4)=C3)nc(Sc3ccccc3)n2)CC1.CN1CCN(c2cc(NC3=NCC(c4cccc(F)c4)=C3)nc(Sc3ccccc3)n2)CC1. The molecule has 1 aliphatic carbocycles. The third-order valence-electron chi connectivity index (χ3n) is 22.1. The van der Waals surface area contributed by atoms with Crippen molar-refractivity contribution in [1.82, 2.24) is 59.5 Å². The van der Waals surface area contributed by atoms with Gasteiger partial charge in [0.2, 0.25) is 0 Å². The smallest absolute Gasteiger partial charge is 0.196 e. The highest BCUT2D eigenvalue weighted by Gasteiger charge is 2.27. The normalized spacial score (nSPS) is 17.8. The van der Waals surface area contributed by atoms with Gasteiger partial charge in [-0.15, -0.1) is 0 Å². The van der Waals surface area contributed by atoms with Gasteiger partial charge in [-0.1, -0.05) is 127 Å². The van der Waals surface area contributed by atoms with E-state index in [9.17, 15) is 8.78 Å². The van der Waals surface area contributed by atoms with Gasteiger partial charge in [0.1, 0.15) is 81.5 Å². The number of thioether (sulfide) groups is 2. The first-order valence-corrected chi connectivity index (χ1v) is 45.6. The van der Waals surface area contributed by atoms with Gasteiger partial charge in [0.05, 0.1) is 26.2 Å². The van der Waals surface area contributed by atoms with E-state index in [1.165, 1.54) is 77.8 Å². The molecule has 24 nitrogen and oxygen atoms in total. The first kappa shape index (κ1) is 86.5. The number of hydrogen-bond acceptors (Lipinski definition) is 28. The fourth-order valence-electron chi connectivity index (χ4n) is 14.8. The fourth-order valence-corrected chi connectivity index (χ4v) is 18.0. The Kier molecular flexibility index (Phi) is 30.2. The number of aryl methyl sites for hydroxylation is 1. The van der Waals surface area contributed by atoms with Crippen molar-refractivity contribution in [3.63, 3.8) is 0 Å². The first-order chi connectivity index (χ1) is 59.4. The molecule has 4 saturated heterocycles. The molecule has 9 aromatic rings. The summed E-state index contributed by atoms with van der Waals surface area (Å²) >= 11 is 6.38. The third kappa shape index (κ3) is 25.6. The molecule has 8 aliphatic heterocycles. The molecule has 9 aliphatic rings.